The number of nitrogens with one attached hydrogen (secondary N) is 1. The van der Waals surface area contributed by atoms with Gasteiger partial charge in [0.25, 0.3) is 0 Å². The molecule has 0 aliphatic rings. The van der Waals surface area contributed by atoms with E-state index in [1.807, 2.05) is 24.3 Å². The van der Waals surface area contributed by atoms with Crippen molar-refractivity contribution >= 4 is 29.3 Å². The molecule has 1 amide bonds. The second-order valence-electron chi connectivity index (χ2n) is 3.47. The van der Waals surface area contributed by atoms with E-state index < -0.39 is 10.8 Å². The van der Waals surface area contributed by atoms with Crippen LogP contribution in [-0.4, -0.2) is 28.7 Å². The van der Waals surface area contributed by atoms with Gasteiger partial charge in [-0.15, -0.1) is 12.6 Å². The molecule has 1 aromatic rings. The molecule has 5 heteroatoms. The van der Waals surface area contributed by atoms with Crippen LogP contribution in [0.1, 0.15) is 5.56 Å². The summed E-state index contributed by atoms with van der Waals surface area (Å²) in [5, 5.41) is 2.73. The van der Waals surface area contributed by atoms with Gasteiger partial charge < -0.3 is 5.32 Å². The highest BCUT2D eigenvalue weighted by Gasteiger charge is 2.02. The number of hydrogen-bond donors (Lipinski definition) is 2. The summed E-state index contributed by atoms with van der Waals surface area (Å²) >= 11 is 4.17. The number of benzene rings is 1. The smallest absolute Gasteiger partial charge is 0.224 e. The Morgan fingerprint density at radius 3 is 2.56 bits per heavy atom. The van der Waals surface area contributed by atoms with E-state index in [1.165, 1.54) is 0 Å². The number of carbonyl (C=O) groups excluding carboxylic acids is 1. The maximum atomic E-state index is 11.4. The zero-order chi connectivity index (χ0) is 12.0. The van der Waals surface area contributed by atoms with Gasteiger partial charge in [0.05, 0.1) is 6.42 Å². The molecule has 0 bridgehead atoms. The largest absolute Gasteiger partial charge is 0.355 e. The predicted octanol–water partition coefficient (Wildman–Crippen LogP) is 1.01. The molecule has 0 aliphatic heterocycles. The Bertz CT molecular complexity index is 376. The maximum Gasteiger partial charge on any atom is 0.224 e. The standard InChI is InChI=1S/C11H15NO2S2/c1-16(14)7-6-12-11(13)8-9-2-4-10(15)5-3-9/h2-5,15H,6-8H2,1H3,(H,12,13). The summed E-state index contributed by atoms with van der Waals surface area (Å²) in [6, 6.07) is 7.46. The second kappa shape index (κ2) is 6.70. The zero-order valence-corrected chi connectivity index (χ0v) is 10.8. The average molecular weight is 257 g/mol. The fraction of sp³-hybridized carbons (Fsp3) is 0.364. The van der Waals surface area contributed by atoms with Crippen LogP contribution in [0.25, 0.3) is 0 Å². The monoisotopic (exact) mass is 257 g/mol. The summed E-state index contributed by atoms with van der Waals surface area (Å²) in [6.07, 6.45) is 1.97. The molecule has 0 aromatic heterocycles. The fourth-order valence-corrected chi connectivity index (χ4v) is 1.73. The molecule has 1 N–H and O–H groups in total. The van der Waals surface area contributed by atoms with Gasteiger partial charge in [-0.1, -0.05) is 12.1 Å². The zero-order valence-electron chi connectivity index (χ0n) is 9.10. The molecule has 1 rings (SSSR count). The topological polar surface area (TPSA) is 46.2 Å². The first kappa shape index (κ1) is 13.3. The molecule has 0 radical (unpaired) electrons. The predicted molar refractivity (Wildman–Crippen MR) is 69.3 cm³/mol. The molecule has 88 valence electrons. The lowest BCUT2D eigenvalue weighted by molar-refractivity contribution is -0.120. The lowest BCUT2D eigenvalue weighted by Crippen LogP contribution is -2.28. The van der Waals surface area contributed by atoms with Crippen LogP contribution in [-0.2, 0) is 22.0 Å². The molecule has 1 aromatic carbocycles. The van der Waals surface area contributed by atoms with Crippen molar-refractivity contribution in [2.24, 2.45) is 0 Å². The van der Waals surface area contributed by atoms with Crippen molar-refractivity contribution in [3.05, 3.63) is 29.8 Å². The van der Waals surface area contributed by atoms with Gasteiger partial charge >= 0.3 is 0 Å². The van der Waals surface area contributed by atoms with Gasteiger partial charge in [0, 0.05) is 34.2 Å². The summed E-state index contributed by atoms with van der Waals surface area (Å²) in [4.78, 5) is 12.3. The van der Waals surface area contributed by atoms with E-state index in [0.29, 0.717) is 18.7 Å². The SMILES string of the molecule is CS(=O)CCNC(=O)Cc1ccc(S)cc1. The quantitative estimate of drug-likeness (QED) is 0.773. The normalized spacial score (nSPS) is 12.1. The molecular weight excluding hydrogens is 242 g/mol. The number of rotatable bonds is 5. The van der Waals surface area contributed by atoms with E-state index in [0.717, 1.165) is 10.5 Å². The first-order chi connectivity index (χ1) is 7.58. The Hall–Kier alpha value is -0.810. The molecule has 0 aliphatic carbocycles. The van der Waals surface area contributed by atoms with Crippen LogP contribution >= 0.6 is 12.6 Å². The number of thiol groups is 1. The van der Waals surface area contributed by atoms with E-state index in [4.69, 9.17) is 0 Å². The molecule has 0 fully saturated rings. The van der Waals surface area contributed by atoms with E-state index >= 15 is 0 Å². The van der Waals surface area contributed by atoms with Gasteiger partial charge in [-0.25, -0.2) is 0 Å². The van der Waals surface area contributed by atoms with Gasteiger partial charge in [-0.3, -0.25) is 9.00 Å². The van der Waals surface area contributed by atoms with Crippen LogP contribution < -0.4 is 5.32 Å². The number of hydrogen-bond acceptors (Lipinski definition) is 3. The van der Waals surface area contributed by atoms with Gasteiger partial charge in [0.2, 0.25) is 5.91 Å². The first-order valence-corrected chi connectivity index (χ1v) is 7.10. The van der Waals surface area contributed by atoms with Crippen molar-refractivity contribution in [2.45, 2.75) is 11.3 Å². The van der Waals surface area contributed by atoms with Crippen molar-refractivity contribution in [2.75, 3.05) is 18.6 Å². The third kappa shape index (κ3) is 5.32. The summed E-state index contributed by atoms with van der Waals surface area (Å²) in [5.41, 5.74) is 0.952. The van der Waals surface area contributed by atoms with Gasteiger partial charge in [-0.2, -0.15) is 0 Å². The molecule has 3 nitrogen and oxygen atoms in total. The van der Waals surface area contributed by atoms with Gasteiger partial charge in [0.15, 0.2) is 0 Å². The molecular formula is C11H15NO2S2. The highest BCUT2D eigenvalue weighted by atomic mass is 32.2. The molecule has 16 heavy (non-hydrogen) atoms. The Morgan fingerprint density at radius 1 is 1.38 bits per heavy atom. The van der Waals surface area contributed by atoms with Crippen LogP contribution in [0.5, 0.6) is 0 Å². The molecule has 1 unspecified atom stereocenters. The minimum absolute atomic E-state index is 0.0441. The second-order valence-corrected chi connectivity index (χ2v) is 5.54. The summed E-state index contributed by atoms with van der Waals surface area (Å²) in [5.74, 6) is 0.457. The van der Waals surface area contributed by atoms with E-state index in [2.05, 4.69) is 17.9 Å². The van der Waals surface area contributed by atoms with Crippen molar-refractivity contribution in [1.82, 2.24) is 5.32 Å². The van der Waals surface area contributed by atoms with Gasteiger partial charge in [-0.05, 0) is 17.7 Å². The van der Waals surface area contributed by atoms with Crippen LogP contribution in [0.2, 0.25) is 0 Å². The average Bonchev–Trinajstić information content (AvgIpc) is 2.21. The van der Waals surface area contributed by atoms with Crippen LogP contribution in [0, 0.1) is 0 Å². The van der Waals surface area contributed by atoms with Crippen molar-refractivity contribution in [1.29, 1.82) is 0 Å². The van der Waals surface area contributed by atoms with Crippen LogP contribution in [0.4, 0.5) is 0 Å². The van der Waals surface area contributed by atoms with Crippen molar-refractivity contribution in [3.63, 3.8) is 0 Å². The number of amides is 1. The van der Waals surface area contributed by atoms with Crippen molar-refractivity contribution in [3.8, 4) is 0 Å². The van der Waals surface area contributed by atoms with E-state index in [9.17, 15) is 9.00 Å². The summed E-state index contributed by atoms with van der Waals surface area (Å²) in [7, 11) is -0.856. The lowest BCUT2D eigenvalue weighted by Gasteiger charge is -2.04. The first-order valence-electron chi connectivity index (χ1n) is 4.92. The fourth-order valence-electron chi connectivity index (χ4n) is 1.20. The Labute approximate surface area is 103 Å². The van der Waals surface area contributed by atoms with Crippen molar-refractivity contribution < 1.29 is 9.00 Å². The van der Waals surface area contributed by atoms with Crippen LogP contribution in [0.15, 0.2) is 29.2 Å². The Morgan fingerprint density at radius 2 is 2.00 bits per heavy atom. The molecule has 0 saturated heterocycles. The van der Waals surface area contributed by atoms with E-state index in [1.54, 1.807) is 6.26 Å². The number of carbonyl (C=O) groups is 1. The van der Waals surface area contributed by atoms with Crippen LogP contribution in [0.3, 0.4) is 0 Å². The Balaban J connectivity index is 2.34. The highest BCUT2D eigenvalue weighted by molar-refractivity contribution is 7.84. The molecule has 0 heterocycles. The summed E-state index contributed by atoms with van der Waals surface area (Å²) < 4.78 is 10.8. The minimum Gasteiger partial charge on any atom is -0.355 e. The summed E-state index contributed by atoms with van der Waals surface area (Å²) in [6.45, 7) is 0.465. The van der Waals surface area contributed by atoms with E-state index in [-0.39, 0.29) is 5.91 Å². The molecule has 0 saturated carbocycles. The highest BCUT2D eigenvalue weighted by Crippen LogP contribution is 2.07. The third-order valence-electron chi connectivity index (χ3n) is 2.01. The maximum absolute atomic E-state index is 11.4. The molecule has 1 atom stereocenters. The lowest BCUT2D eigenvalue weighted by atomic mass is 10.1. The van der Waals surface area contributed by atoms with Gasteiger partial charge in [0.1, 0.15) is 0 Å². The third-order valence-corrected chi connectivity index (χ3v) is 3.09. The Kier molecular flexibility index (Phi) is 5.55. The molecule has 0 spiro atoms. The minimum atomic E-state index is -0.856.